The van der Waals surface area contributed by atoms with E-state index in [0.29, 0.717) is 29.7 Å². The monoisotopic (exact) mass is 296 g/mol. The third-order valence-electron chi connectivity index (χ3n) is 0.0456. The van der Waals surface area contributed by atoms with E-state index in [0.717, 1.165) is 0 Å². The molecule has 0 heterocycles. The van der Waals surface area contributed by atoms with Crippen LogP contribution in [0.5, 0.6) is 0 Å². The number of hydrogen-bond donors (Lipinski definition) is 0. The zero-order valence-corrected chi connectivity index (χ0v) is 6.84. The number of isothiocyanates is 1. The van der Waals surface area contributed by atoms with Crippen LogP contribution in [0.15, 0.2) is 2.33 Å². The molecule has 3 heteroatoms. The second kappa shape index (κ2) is 3.85. The van der Waals surface area contributed by atoms with Crippen LogP contribution in [0.2, 0.25) is 0 Å². The molecule has 0 saturated carbocycles. The van der Waals surface area contributed by atoms with Crippen LogP contribution in [-0.4, -0.2) is 5.16 Å². The zero-order valence-electron chi connectivity index (χ0n) is 1.86. The van der Waals surface area contributed by atoms with Crippen LogP contribution in [0.3, 0.4) is 0 Å². The first kappa shape index (κ1) is 4.85. The van der Waals surface area contributed by atoms with Gasteiger partial charge in [-0.05, 0) is 0 Å². The van der Waals surface area contributed by atoms with E-state index < -0.39 is 0 Å². The second-order valence-electron chi connectivity index (χ2n) is 0.203. The van der Waals surface area contributed by atoms with E-state index in [1.54, 1.807) is 0 Å². The molecule has 0 aliphatic rings. The topological polar surface area (TPSA) is 12.4 Å². The van der Waals surface area contributed by atoms with Gasteiger partial charge in [-0.1, -0.05) is 0 Å². The molecule has 0 spiro atoms. The quantitative estimate of drug-likeness (QED) is 0.470. The van der Waals surface area contributed by atoms with Crippen molar-refractivity contribution in [3.8, 4) is 0 Å². The third kappa shape index (κ3) is 2.85. The first-order valence-electron chi connectivity index (χ1n) is 0.651. The van der Waals surface area contributed by atoms with Crippen molar-refractivity contribution in [1.29, 1.82) is 0 Å². The Hall–Kier alpha value is 0.852. The molecule has 0 aromatic carbocycles. The summed E-state index contributed by atoms with van der Waals surface area (Å²) >= 11 is 4.81. The molecule has 0 aromatic heterocycles. The average molecular weight is 296 g/mol. The van der Waals surface area contributed by atoms with Crippen molar-refractivity contribution in [1.82, 2.24) is 0 Å². The van der Waals surface area contributed by atoms with E-state index in [1.807, 2.05) is 0 Å². The van der Waals surface area contributed by atoms with Crippen LogP contribution >= 0.6 is 12.2 Å². The SMILES string of the molecule is S=C=[N][U]. The van der Waals surface area contributed by atoms with Gasteiger partial charge in [0.05, 0.1) is 0 Å². The fraction of sp³-hybridized carbons (Fsp3) is 0. The zero-order chi connectivity index (χ0) is 3.41. The van der Waals surface area contributed by atoms with Gasteiger partial charge in [-0.3, -0.25) is 0 Å². The van der Waals surface area contributed by atoms with E-state index in [2.05, 4.69) is 19.7 Å². The molecule has 0 aromatic rings. The third-order valence-corrected chi connectivity index (χ3v) is 1.28. The van der Waals surface area contributed by atoms with Crippen LogP contribution in [0.25, 0.3) is 0 Å². The summed E-state index contributed by atoms with van der Waals surface area (Å²) in [6.45, 7) is 0. The fourth-order valence-electron chi connectivity index (χ4n) is 0. The van der Waals surface area contributed by atoms with Gasteiger partial charge in [0.2, 0.25) is 0 Å². The summed E-state index contributed by atoms with van der Waals surface area (Å²) in [5.74, 6) is 0. The maximum absolute atomic E-state index is 4.18. The molecule has 0 atom stereocenters. The van der Waals surface area contributed by atoms with Gasteiger partial charge in [0, 0.05) is 0 Å². The summed E-state index contributed by atoms with van der Waals surface area (Å²) < 4.78 is 3.47. The Morgan fingerprint density at radius 2 is 2.25 bits per heavy atom. The Morgan fingerprint density at radius 1 is 2.00 bits per heavy atom. The van der Waals surface area contributed by atoms with Crippen molar-refractivity contribution in [2.75, 3.05) is 0 Å². The normalized spacial score (nSPS) is 4.50. The molecule has 0 fully saturated rings. The Kier molecular flexibility index (Phi) is 4.67. The van der Waals surface area contributed by atoms with Crippen molar-refractivity contribution in [3.63, 3.8) is 0 Å². The van der Waals surface area contributed by atoms with Crippen LogP contribution in [0.4, 0.5) is 0 Å². The first-order chi connectivity index (χ1) is 1.91. The van der Waals surface area contributed by atoms with Gasteiger partial charge in [0.15, 0.2) is 0 Å². The van der Waals surface area contributed by atoms with E-state index in [9.17, 15) is 0 Å². The van der Waals surface area contributed by atoms with Crippen LogP contribution in [-0.2, 0) is 0 Å². The van der Waals surface area contributed by atoms with Crippen molar-refractivity contribution in [3.05, 3.63) is 0 Å². The Bertz CT molecular complexity index is 46.0. The molecular weight excluding hydrogens is 296 g/mol. The van der Waals surface area contributed by atoms with E-state index in [1.165, 1.54) is 0 Å². The van der Waals surface area contributed by atoms with Gasteiger partial charge in [-0.2, -0.15) is 0 Å². The molecule has 0 N–H and O–H groups in total. The molecule has 19 valence electrons. The predicted molar refractivity (Wildman–Crippen MR) is 15.0 cm³/mol. The molecular formula is CNSU. The van der Waals surface area contributed by atoms with Crippen LogP contribution < -0.4 is 0 Å². The Labute approximate surface area is 49.2 Å². The van der Waals surface area contributed by atoms with Crippen molar-refractivity contribution >= 4 is 17.4 Å². The van der Waals surface area contributed by atoms with Gasteiger partial charge in [-0.25, -0.2) is 0 Å². The molecule has 0 saturated heterocycles. The summed E-state index contributed by atoms with van der Waals surface area (Å²) in [7, 11) is 0. The van der Waals surface area contributed by atoms with E-state index in [4.69, 9.17) is 0 Å². The molecule has 0 radical (unpaired) electrons. The number of hydrogen-bond acceptors (Lipinski definition) is 2. The summed E-state index contributed by atoms with van der Waals surface area (Å²) in [4.78, 5) is 0. The van der Waals surface area contributed by atoms with Crippen LogP contribution in [0.1, 0.15) is 0 Å². The summed E-state index contributed by atoms with van der Waals surface area (Å²) in [6, 6.07) is 0. The van der Waals surface area contributed by atoms with E-state index in [-0.39, 0.29) is 0 Å². The van der Waals surface area contributed by atoms with Gasteiger partial charge >= 0.3 is 49.5 Å². The Morgan fingerprint density at radius 3 is 2.25 bits per heavy atom. The summed E-state index contributed by atoms with van der Waals surface area (Å²) in [5.41, 5.74) is 0. The number of nitrogens with zero attached hydrogens (tertiary/aromatic N) is 1. The standard InChI is InChI=1S/CNS.U/c2-1-3;/q-1;+1. The number of rotatable bonds is 0. The van der Waals surface area contributed by atoms with Gasteiger partial charge in [0.25, 0.3) is 0 Å². The molecule has 4 heavy (non-hydrogen) atoms. The molecule has 0 amide bonds. The minimum atomic E-state index is 0.632. The van der Waals surface area contributed by atoms with E-state index >= 15 is 0 Å². The molecule has 0 rings (SSSR count). The fourth-order valence-corrected chi connectivity index (χ4v) is 0. The average Bonchev–Trinajstić information content (AvgIpc) is 1.37. The first-order valence-corrected chi connectivity index (χ1v) is 2.92. The van der Waals surface area contributed by atoms with Crippen molar-refractivity contribution < 1.29 is 29.7 Å². The van der Waals surface area contributed by atoms with Gasteiger partial charge < -0.3 is 0 Å². The van der Waals surface area contributed by atoms with Crippen LogP contribution in [0, 0.1) is 29.7 Å². The predicted octanol–water partition coefficient (Wildman–Crippen LogP) is 0.553. The van der Waals surface area contributed by atoms with Gasteiger partial charge in [0.1, 0.15) is 0 Å². The molecule has 0 aliphatic heterocycles. The maximum atomic E-state index is 4.18. The number of thiocarbonyl (C=S) groups is 1. The molecule has 0 aliphatic carbocycles. The minimum absolute atomic E-state index is 0.632. The molecule has 0 unspecified atom stereocenters. The van der Waals surface area contributed by atoms with Crippen molar-refractivity contribution in [2.24, 2.45) is 2.33 Å². The molecule has 1 nitrogen and oxygen atoms in total. The Balaban J connectivity index is 3.11. The summed E-state index contributed by atoms with van der Waals surface area (Å²) in [6.07, 6.45) is 0. The van der Waals surface area contributed by atoms with Crippen molar-refractivity contribution in [2.45, 2.75) is 0 Å². The summed E-state index contributed by atoms with van der Waals surface area (Å²) in [5, 5.41) is 2.21. The van der Waals surface area contributed by atoms with Gasteiger partial charge in [-0.15, -0.1) is 0 Å². The second-order valence-corrected chi connectivity index (χ2v) is 1.32. The molecule has 0 bridgehead atoms.